The van der Waals surface area contributed by atoms with Gasteiger partial charge >= 0.3 is 0 Å². The number of piperidine rings is 1. The van der Waals surface area contributed by atoms with E-state index in [4.69, 9.17) is 0 Å². The molecule has 1 unspecified atom stereocenters. The third kappa shape index (κ3) is 4.82. The van der Waals surface area contributed by atoms with E-state index in [0.717, 1.165) is 36.0 Å². The van der Waals surface area contributed by atoms with Gasteiger partial charge in [-0.2, -0.15) is 0 Å². The molecule has 184 valence electrons. The Hall–Kier alpha value is -3.38. The summed E-state index contributed by atoms with van der Waals surface area (Å²) < 4.78 is 0. The summed E-state index contributed by atoms with van der Waals surface area (Å²) in [7, 11) is 0. The highest BCUT2D eigenvalue weighted by Gasteiger charge is 2.40. The number of likely N-dealkylation sites (tertiary alicyclic amines) is 1. The lowest BCUT2D eigenvalue weighted by Gasteiger charge is -2.39. The van der Waals surface area contributed by atoms with E-state index in [1.54, 1.807) is 6.20 Å². The SMILES string of the molecule is O=C(c1nccc2ccccc12)C(O)(CCCN1CCC(O)(c2ccccc2)CC1)c1ccccc1. The first-order valence-corrected chi connectivity index (χ1v) is 12.7. The third-order valence-electron chi connectivity index (χ3n) is 7.52. The van der Waals surface area contributed by atoms with E-state index in [0.29, 0.717) is 36.9 Å². The summed E-state index contributed by atoms with van der Waals surface area (Å²) in [5.41, 5.74) is -0.610. The molecular weight excluding hydrogens is 448 g/mol. The largest absolute Gasteiger partial charge is 0.385 e. The first kappa shape index (κ1) is 24.3. The minimum atomic E-state index is -1.67. The zero-order valence-corrected chi connectivity index (χ0v) is 20.4. The van der Waals surface area contributed by atoms with E-state index in [1.165, 1.54) is 0 Å². The maximum absolute atomic E-state index is 13.8. The van der Waals surface area contributed by atoms with Crippen molar-refractivity contribution in [3.63, 3.8) is 0 Å². The molecule has 1 fully saturated rings. The number of nitrogens with zero attached hydrogens (tertiary/aromatic N) is 2. The molecule has 1 aliphatic heterocycles. The predicted octanol–water partition coefficient (Wildman–Crippen LogP) is 5.07. The van der Waals surface area contributed by atoms with E-state index >= 15 is 0 Å². The number of benzene rings is 3. The molecule has 4 aromatic rings. The average Bonchev–Trinajstić information content (AvgIpc) is 2.94. The molecule has 1 atom stereocenters. The van der Waals surface area contributed by atoms with E-state index in [9.17, 15) is 15.0 Å². The number of pyridine rings is 1. The summed E-state index contributed by atoms with van der Waals surface area (Å²) in [5, 5.41) is 24.7. The number of carbonyl (C=O) groups is 1. The van der Waals surface area contributed by atoms with Crippen molar-refractivity contribution in [3.8, 4) is 0 Å². The number of Topliss-reactive ketones (excluding diaryl/α,β-unsaturated/α-hetero) is 1. The maximum atomic E-state index is 13.8. The molecule has 0 saturated carbocycles. The standard InChI is InChI=1S/C31H32N2O3/c34-29(28-27-15-8-7-10-24(27)16-20-32-28)31(36,26-13-5-2-6-14-26)17-9-21-33-22-18-30(35,19-23-33)25-11-3-1-4-12-25/h1-8,10-16,20,35-36H,9,17-19,21-23H2. The number of carbonyl (C=O) groups excluding carboxylic acids is 1. The van der Waals surface area contributed by atoms with Gasteiger partial charge in [0.1, 0.15) is 5.69 Å². The lowest BCUT2D eigenvalue weighted by atomic mass is 9.82. The molecule has 5 nitrogen and oxygen atoms in total. The number of rotatable bonds is 8. The van der Waals surface area contributed by atoms with Crippen molar-refractivity contribution in [2.75, 3.05) is 19.6 Å². The monoisotopic (exact) mass is 480 g/mol. The van der Waals surface area contributed by atoms with Crippen LogP contribution in [0.3, 0.4) is 0 Å². The molecule has 3 aromatic carbocycles. The maximum Gasteiger partial charge on any atom is 0.217 e. The minimum Gasteiger partial charge on any atom is -0.385 e. The zero-order chi connectivity index (χ0) is 25.0. The summed E-state index contributed by atoms with van der Waals surface area (Å²) in [6.07, 6.45) is 3.89. The summed E-state index contributed by atoms with van der Waals surface area (Å²) in [5.74, 6) is -0.373. The van der Waals surface area contributed by atoms with Crippen molar-refractivity contribution in [2.45, 2.75) is 36.9 Å². The minimum absolute atomic E-state index is 0.292. The highest BCUT2D eigenvalue weighted by atomic mass is 16.3. The normalized spacial score (nSPS) is 17.5. The molecule has 0 radical (unpaired) electrons. The molecule has 2 heterocycles. The molecule has 0 aliphatic carbocycles. The van der Waals surface area contributed by atoms with Crippen LogP contribution in [0.15, 0.2) is 97.2 Å². The van der Waals surface area contributed by atoms with Crippen molar-refractivity contribution in [3.05, 3.63) is 114 Å². The van der Waals surface area contributed by atoms with Gasteiger partial charge in [0, 0.05) is 24.7 Å². The Bertz CT molecular complexity index is 1310. The van der Waals surface area contributed by atoms with Crippen molar-refractivity contribution in [2.24, 2.45) is 0 Å². The van der Waals surface area contributed by atoms with Crippen LogP contribution in [0, 0.1) is 0 Å². The van der Waals surface area contributed by atoms with Gasteiger partial charge in [0.05, 0.1) is 5.60 Å². The van der Waals surface area contributed by atoms with E-state index < -0.39 is 11.2 Å². The van der Waals surface area contributed by atoms with Crippen LogP contribution in [-0.2, 0) is 11.2 Å². The van der Waals surface area contributed by atoms with Crippen molar-refractivity contribution < 1.29 is 15.0 Å². The Morgan fingerprint density at radius 3 is 2.25 bits per heavy atom. The Labute approximate surface area is 212 Å². The Balaban J connectivity index is 1.31. The molecule has 0 amide bonds. The molecule has 1 aliphatic rings. The highest BCUT2D eigenvalue weighted by molar-refractivity contribution is 6.10. The van der Waals surface area contributed by atoms with E-state index in [2.05, 4.69) is 9.88 Å². The summed E-state index contributed by atoms with van der Waals surface area (Å²) in [4.78, 5) is 20.5. The van der Waals surface area contributed by atoms with Crippen LogP contribution in [0.4, 0.5) is 0 Å². The lowest BCUT2D eigenvalue weighted by molar-refractivity contribution is -0.0278. The highest BCUT2D eigenvalue weighted by Crippen LogP contribution is 2.35. The number of hydrogen-bond acceptors (Lipinski definition) is 5. The van der Waals surface area contributed by atoms with Gasteiger partial charge in [-0.15, -0.1) is 0 Å². The van der Waals surface area contributed by atoms with Crippen LogP contribution in [0.5, 0.6) is 0 Å². The lowest BCUT2D eigenvalue weighted by Crippen LogP contribution is -2.43. The van der Waals surface area contributed by atoms with Crippen LogP contribution >= 0.6 is 0 Å². The van der Waals surface area contributed by atoms with Crippen LogP contribution in [0.1, 0.15) is 47.3 Å². The summed E-state index contributed by atoms with van der Waals surface area (Å²) in [6, 6.07) is 28.6. The molecule has 0 bridgehead atoms. The Kier molecular flexibility index (Phi) is 6.97. The van der Waals surface area contributed by atoms with Gasteiger partial charge in [-0.25, -0.2) is 0 Å². The topological polar surface area (TPSA) is 73.7 Å². The molecule has 1 saturated heterocycles. The third-order valence-corrected chi connectivity index (χ3v) is 7.52. The van der Waals surface area contributed by atoms with Gasteiger partial charge in [-0.05, 0) is 54.8 Å². The number of aliphatic hydroxyl groups is 2. The Morgan fingerprint density at radius 1 is 0.889 bits per heavy atom. The van der Waals surface area contributed by atoms with Crippen LogP contribution < -0.4 is 0 Å². The smallest absolute Gasteiger partial charge is 0.217 e. The molecule has 5 heteroatoms. The van der Waals surface area contributed by atoms with Gasteiger partial charge in [0.15, 0.2) is 5.60 Å². The van der Waals surface area contributed by atoms with Gasteiger partial charge in [0.2, 0.25) is 5.78 Å². The van der Waals surface area contributed by atoms with Gasteiger partial charge in [-0.3, -0.25) is 9.78 Å². The van der Waals surface area contributed by atoms with Crippen molar-refractivity contribution in [1.29, 1.82) is 0 Å². The van der Waals surface area contributed by atoms with E-state index in [1.807, 2.05) is 91.0 Å². The number of hydrogen-bond donors (Lipinski definition) is 2. The molecule has 0 spiro atoms. The second-order valence-corrected chi connectivity index (χ2v) is 9.78. The predicted molar refractivity (Wildman–Crippen MR) is 142 cm³/mol. The second-order valence-electron chi connectivity index (χ2n) is 9.78. The molecule has 5 rings (SSSR count). The molecule has 36 heavy (non-hydrogen) atoms. The van der Waals surface area contributed by atoms with Crippen molar-refractivity contribution in [1.82, 2.24) is 9.88 Å². The van der Waals surface area contributed by atoms with E-state index in [-0.39, 0.29) is 5.78 Å². The van der Waals surface area contributed by atoms with Crippen molar-refractivity contribution >= 4 is 16.6 Å². The molecular formula is C31H32N2O3. The molecule has 2 N–H and O–H groups in total. The first-order valence-electron chi connectivity index (χ1n) is 12.7. The zero-order valence-electron chi connectivity index (χ0n) is 20.4. The summed E-state index contributed by atoms with van der Waals surface area (Å²) >= 11 is 0. The van der Waals surface area contributed by atoms with Crippen LogP contribution in [-0.4, -0.2) is 45.5 Å². The first-order chi connectivity index (χ1) is 17.5. The van der Waals surface area contributed by atoms with Crippen LogP contribution in [0.25, 0.3) is 10.8 Å². The fourth-order valence-electron chi connectivity index (χ4n) is 5.34. The number of fused-ring (bicyclic) bond motifs is 1. The molecule has 1 aromatic heterocycles. The number of aromatic nitrogens is 1. The number of ketones is 1. The quantitative estimate of drug-likeness (QED) is 0.345. The van der Waals surface area contributed by atoms with Gasteiger partial charge in [0.25, 0.3) is 0 Å². The Morgan fingerprint density at radius 2 is 1.53 bits per heavy atom. The second kappa shape index (κ2) is 10.3. The average molecular weight is 481 g/mol. The fraction of sp³-hybridized carbons (Fsp3) is 0.290. The van der Waals surface area contributed by atoms with Crippen LogP contribution in [0.2, 0.25) is 0 Å². The fourth-order valence-corrected chi connectivity index (χ4v) is 5.34. The van der Waals surface area contributed by atoms with Gasteiger partial charge in [-0.1, -0.05) is 84.9 Å². The van der Waals surface area contributed by atoms with Gasteiger partial charge < -0.3 is 15.1 Å². The summed E-state index contributed by atoms with van der Waals surface area (Å²) in [6.45, 7) is 2.29.